The second-order valence-electron chi connectivity index (χ2n) is 5.32. The van der Waals surface area contributed by atoms with E-state index in [2.05, 4.69) is 20.5 Å². The Labute approximate surface area is 140 Å². The molecule has 0 fully saturated rings. The van der Waals surface area contributed by atoms with Crippen LogP contribution in [0.4, 0.5) is 19.0 Å². The van der Waals surface area contributed by atoms with Crippen LogP contribution < -0.4 is 5.32 Å². The van der Waals surface area contributed by atoms with Gasteiger partial charge < -0.3 is 9.88 Å². The van der Waals surface area contributed by atoms with Crippen LogP contribution in [0, 0.1) is 24.4 Å². The second-order valence-corrected chi connectivity index (χ2v) is 5.32. The Morgan fingerprint density at radius 1 is 1.16 bits per heavy atom. The average molecular weight is 347 g/mol. The fraction of sp³-hybridized carbons (Fsp3) is 0.125. The minimum Gasteiger partial charge on any atom is -0.331 e. The van der Waals surface area contributed by atoms with E-state index in [1.54, 1.807) is 13.0 Å². The molecule has 0 radical (unpaired) electrons. The lowest BCUT2D eigenvalue weighted by atomic mass is 10.2. The molecule has 3 aromatic rings. The Morgan fingerprint density at radius 2 is 1.88 bits per heavy atom. The molecule has 1 N–H and O–H groups in total. The van der Waals surface area contributed by atoms with Gasteiger partial charge in [-0.3, -0.25) is 4.79 Å². The molecular weight excluding hydrogens is 335 g/mol. The third-order valence-electron chi connectivity index (χ3n) is 3.31. The molecule has 0 saturated carbocycles. The highest BCUT2D eigenvalue weighted by atomic mass is 19.2. The summed E-state index contributed by atoms with van der Waals surface area (Å²) in [5, 5.41) is 10.1. The van der Waals surface area contributed by atoms with Crippen molar-refractivity contribution >= 4 is 11.7 Å². The van der Waals surface area contributed by atoms with Crippen molar-refractivity contribution in [2.24, 2.45) is 0 Å². The summed E-state index contributed by atoms with van der Waals surface area (Å²) in [7, 11) is 0. The fourth-order valence-electron chi connectivity index (χ4n) is 2.12. The molecule has 0 bridgehead atoms. The van der Waals surface area contributed by atoms with Crippen molar-refractivity contribution in [3.8, 4) is 0 Å². The maximum absolute atomic E-state index is 13.2. The quantitative estimate of drug-likeness (QED) is 0.737. The molecule has 1 amide bonds. The van der Waals surface area contributed by atoms with E-state index in [0.717, 1.165) is 12.1 Å². The molecule has 0 unspecified atom stereocenters. The van der Waals surface area contributed by atoms with Crippen molar-refractivity contribution in [1.82, 2.24) is 19.7 Å². The number of carbonyl (C=O) groups excluding carboxylic acids is 1. The SMILES string of the molecule is Cc1ccc(C(=O)Nc2cn(Cc3cc(F)c(F)c(F)c3)cn2)nn1. The molecule has 25 heavy (non-hydrogen) atoms. The van der Waals surface area contributed by atoms with Gasteiger partial charge in [-0.1, -0.05) is 0 Å². The van der Waals surface area contributed by atoms with Crippen LogP contribution in [0.2, 0.25) is 0 Å². The number of nitrogens with zero attached hydrogens (tertiary/aromatic N) is 4. The lowest BCUT2D eigenvalue weighted by molar-refractivity contribution is 0.102. The minimum absolute atomic E-state index is 0.0569. The normalized spacial score (nSPS) is 10.7. The van der Waals surface area contributed by atoms with Gasteiger partial charge in [-0.25, -0.2) is 18.2 Å². The van der Waals surface area contributed by atoms with Gasteiger partial charge in [0.2, 0.25) is 0 Å². The second kappa shape index (κ2) is 6.71. The predicted octanol–water partition coefficient (Wildman–Crippen LogP) is 2.70. The molecule has 0 spiro atoms. The van der Waals surface area contributed by atoms with E-state index in [-0.39, 0.29) is 23.6 Å². The molecule has 1 aromatic carbocycles. The number of rotatable bonds is 4. The van der Waals surface area contributed by atoms with Crippen molar-refractivity contribution in [3.63, 3.8) is 0 Å². The summed E-state index contributed by atoms with van der Waals surface area (Å²) in [6, 6.07) is 4.98. The summed E-state index contributed by atoms with van der Waals surface area (Å²) in [6.07, 6.45) is 2.84. The van der Waals surface area contributed by atoms with Crippen LogP contribution in [-0.4, -0.2) is 25.7 Å². The summed E-state index contributed by atoms with van der Waals surface area (Å²) < 4.78 is 40.9. The van der Waals surface area contributed by atoms with Crippen LogP contribution in [0.3, 0.4) is 0 Å². The van der Waals surface area contributed by atoms with Crippen LogP contribution >= 0.6 is 0 Å². The van der Waals surface area contributed by atoms with Gasteiger partial charge in [-0.05, 0) is 36.8 Å². The maximum Gasteiger partial charge on any atom is 0.277 e. The van der Waals surface area contributed by atoms with Crippen LogP contribution in [-0.2, 0) is 6.54 Å². The Hall–Kier alpha value is -3.23. The summed E-state index contributed by atoms with van der Waals surface area (Å²) in [5.74, 6) is -4.29. The number of benzene rings is 1. The number of anilines is 1. The smallest absolute Gasteiger partial charge is 0.277 e. The van der Waals surface area contributed by atoms with Crippen LogP contribution in [0.15, 0.2) is 36.8 Å². The van der Waals surface area contributed by atoms with E-state index in [1.807, 2.05) is 0 Å². The van der Waals surface area contributed by atoms with Crippen molar-refractivity contribution in [1.29, 1.82) is 0 Å². The van der Waals surface area contributed by atoms with Crippen molar-refractivity contribution < 1.29 is 18.0 Å². The molecule has 2 heterocycles. The molecule has 6 nitrogen and oxygen atoms in total. The van der Waals surface area contributed by atoms with E-state index in [4.69, 9.17) is 0 Å². The lowest BCUT2D eigenvalue weighted by Crippen LogP contribution is -2.14. The summed E-state index contributed by atoms with van der Waals surface area (Å²) in [6.45, 7) is 1.80. The van der Waals surface area contributed by atoms with E-state index in [9.17, 15) is 18.0 Å². The van der Waals surface area contributed by atoms with Crippen molar-refractivity contribution in [3.05, 3.63) is 71.2 Å². The first-order valence-electron chi connectivity index (χ1n) is 7.19. The highest BCUT2D eigenvalue weighted by Gasteiger charge is 2.12. The van der Waals surface area contributed by atoms with Gasteiger partial charge in [0.25, 0.3) is 5.91 Å². The summed E-state index contributed by atoms with van der Waals surface area (Å²) >= 11 is 0. The first kappa shape index (κ1) is 16.6. The van der Waals surface area contributed by atoms with Gasteiger partial charge in [0, 0.05) is 12.7 Å². The first-order chi connectivity index (χ1) is 11.9. The molecule has 128 valence electrons. The zero-order chi connectivity index (χ0) is 18.0. The molecule has 0 saturated heterocycles. The Morgan fingerprint density at radius 3 is 2.52 bits per heavy atom. The van der Waals surface area contributed by atoms with E-state index < -0.39 is 23.4 Å². The molecule has 0 aliphatic carbocycles. The number of halogens is 3. The summed E-state index contributed by atoms with van der Waals surface area (Å²) in [5.41, 5.74) is 1.03. The van der Waals surface area contributed by atoms with E-state index in [0.29, 0.717) is 5.69 Å². The zero-order valence-electron chi connectivity index (χ0n) is 13.0. The number of imidazole rings is 1. The Bertz CT molecular complexity index is 901. The Kier molecular flexibility index (Phi) is 4.46. The van der Waals surface area contributed by atoms with Gasteiger partial charge >= 0.3 is 0 Å². The van der Waals surface area contributed by atoms with E-state index in [1.165, 1.54) is 23.2 Å². The molecule has 2 aromatic heterocycles. The topological polar surface area (TPSA) is 72.7 Å². The van der Waals surface area contributed by atoms with Crippen molar-refractivity contribution in [2.45, 2.75) is 13.5 Å². The Balaban J connectivity index is 1.70. The zero-order valence-corrected chi connectivity index (χ0v) is 13.0. The van der Waals surface area contributed by atoms with Crippen LogP contribution in [0.25, 0.3) is 0 Å². The summed E-state index contributed by atoms with van der Waals surface area (Å²) in [4.78, 5) is 16.0. The van der Waals surface area contributed by atoms with Gasteiger partial charge in [0.05, 0.1) is 12.0 Å². The van der Waals surface area contributed by atoms with Gasteiger partial charge in [0.15, 0.2) is 29.0 Å². The number of hydrogen-bond acceptors (Lipinski definition) is 4. The average Bonchev–Trinajstić information content (AvgIpc) is 3.00. The van der Waals surface area contributed by atoms with Gasteiger partial charge in [0.1, 0.15) is 0 Å². The highest BCUT2D eigenvalue weighted by Crippen LogP contribution is 2.15. The molecule has 3 rings (SSSR count). The molecule has 0 aliphatic heterocycles. The number of nitrogens with one attached hydrogen (secondary N) is 1. The third-order valence-corrected chi connectivity index (χ3v) is 3.31. The monoisotopic (exact) mass is 347 g/mol. The number of amides is 1. The molecule has 0 aliphatic rings. The number of aromatic nitrogens is 4. The highest BCUT2D eigenvalue weighted by molar-refractivity contribution is 6.02. The van der Waals surface area contributed by atoms with E-state index >= 15 is 0 Å². The number of aryl methyl sites for hydroxylation is 1. The minimum atomic E-state index is -1.51. The van der Waals surface area contributed by atoms with Gasteiger partial charge in [-0.2, -0.15) is 5.10 Å². The molecule has 9 heteroatoms. The number of hydrogen-bond donors (Lipinski definition) is 1. The van der Waals surface area contributed by atoms with Crippen molar-refractivity contribution in [2.75, 3.05) is 5.32 Å². The van der Waals surface area contributed by atoms with Gasteiger partial charge in [-0.15, -0.1) is 5.10 Å². The molecular formula is C16H12F3N5O. The molecule has 0 atom stereocenters. The third kappa shape index (κ3) is 3.82. The number of carbonyl (C=O) groups is 1. The fourth-order valence-corrected chi connectivity index (χ4v) is 2.12. The lowest BCUT2D eigenvalue weighted by Gasteiger charge is -2.04. The maximum atomic E-state index is 13.2. The first-order valence-corrected chi connectivity index (χ1v) is 7.19. The van der Waals surface area contributed by atoms with Crippen LogP contribution in [0.5, 0.6) is 0 Å². The predicted molar refractivity (Wildman–Crippen MR) is 82.4 cm³/mol. The largest absolute Gasteiger partial charge is 0.331 e. The van der Waals surface area contributed by atoms with Crippen LogP contribution in [0.1, 0.15) is 21.7 Å². The standard InChI is InChI=1S/C16H12F3N5O/c1-9-2-3-13(23-22-9)16(25)21-14-7-24(8-20-14)6-10-4-11(17)15(19)12(18)5-10/h2-5,7-8H,6H2,1H3,(H,21,25).